The first-order valence-electron chi connectivity index (χ1n) is 7.63. The molecule has 1 atom stereocenters. The lowest BCUT2D eigenvalue weighted by Gasteiger charge is -2.11. The second kappa shape index (κ2) is 7.74. The summed E-state index contributed by atoms with van der Waals surface area (Å²) in [6, 6.07) is 7.11. The highest BCUT2D eigenvalue weighted by molar-refractivity contribution is 5.91. The molecule has 2 N–H and O–H groups in total. The molecule has 1 aromatic heterocycles. The molecular weight excluding hydrogens is 310 g/mol. The number of carboxylic acids is 1. The molecule has 0 aliphatic heterocycles. The van der Waals surface area contributed by atoms with Crippen molar-refractivity contribution >= 4 is 17.6 Å². The van der Waals surface area contributed by atoms with Gasteiger partial charge >= 0.3 is 5.97 Å². The number of nitrogens with one attached hydrogen (secondary N) is 1. The Hall–Kier alpha value is -2.67. The minimum atomic E-state index is -1.02. The summed E-state index contributed by atoms with van der Waals surface area (Å²) >= 11 is 0. The van der Waals surface area contributed by atoms with Crippen LogP contribution in [0.3, 0.4) is 0 Å². The monoisotopic (exact) mass is 331 g/mol. The van der Waals surface area contributed by atoms with Gasteiger partial charge in [0, 0.05) is 19.2 Å². The van der Waals surface area contributed by atoms with Crippen LogP contribution in [0, 0.1) is 6.92 Å². The Morgan fingerprint density at radius 1 is 1.42 bits per heavy atom. The maximum atomic E-state index is 12.0. The van der Waals surface area contributed by atoms with Gasteiger partial charge in [-0.3, -0.25) is 4.79 Å². The van der Waals surface area contributed by atoms with Crippen LogP contribution in [0.5, 0.6) is 0 Å². The lowest BCUT2D eigenvalue weighted by atomic mass is 10.2. The summed E-state index contributed by atoms with van der Waals surface area (Å²) in [5.41, 5.74) is 2.00. The van der Waals surface area contributed by atoms with Gasteiger partial charge in [0.15, 0.2) is 0 Å². The van der Waals surface area contributed by atoms with E-state index in [1.165, 1.54) is 10.9 Å². The van der Waals surface area contributed by atoms with Crippen molar-refractivity contribution in [2.45, 2.75) is 32.8 Å². The first-order chi connectivity index (χ1) is 11.4. The highest BCUT2D eigenvalue weighted by Gasteiger charge is 2.14. The molecular formula is C17H21N3O4. The zero-order valence-electron chi connectivity index (χ0n) is 13.9. The van der Waals surface area contributed by atoms with E-state index >= 15 is 0 Å². The van der Waals surface area contributed by atoms with Crippen LogP contribution < -0.4 is 5.32 Å². The van der Waals surface area contributed by atoms with E-state index in [-0.39, 0.29) is 17.6 Å². The third-order valence-electron chi connectivity index (χ3n) is 3.79. The van der Waals surface area contributed by atoms with Crippen molar-refractivity contribution in [1.29, 1.82) is 0 Å². The predicted octanol–water partition coefficient (Wildman–Crippen LogP) is 2.63. The number of aromatic nitrogens is 2. The number of ether oxygens (including phenoxy) is 1. The van der Waals surface area contributed by atoms with Crippen LogP contribution in [-0.2, 0) is 9.53 Å². The number of carbonyl (C=O) groups is 2. The smallest absolute Gasteiger partial charge is 0.339 e. The van der Waals surface area contributed by atoms with Gasteiger partial charge in [0.1, 0.15) is 5.56 Å². The molecule has 0 spiro atoms. The van der Waals surface area contributed by atoms with E-state index in [4.69, 9.17) is 9.84 Å². The highest BCUT2D eigenvalue weighted by Crippen LogP contribution is 2.18. The molecule has 0 saturated heterocycles. The van der Waals surface area contributed by atoms with Crippen LogP contribution >= 0.6 is 0 Å². The van der Waals surface area contributed by atoms with Crippen LogP contribution in [-0.4, -0.2) is 40.0 Å². The standard InChI is InChI=1S/C17H21N3O4/c1-11(24-3)7-8-16(21)19-13-5-4-6-14(9-13)20-12(2)15(10-18-20)17(22)23/h4-6,9-11H,7-8H2,1-3H3,(H,19,21)(H,22,23). The van der Waals surface area contributed by atoms with Gasteiger partial charge in [-0.2, -0.15) is 5.10 Å². The number of carboxylic acid groups (broad SMARTS) is 1. The van der Waals surface area contributed by atoms with E-state index in [9.17, 15) is 9.59 Å². The number of rotatable bonds is 7. The Kier molecular flexibility index (Phi) is 5.70. The number of carbonyl (C=O) groups excluding carboxylic acids is 1. The van der Waals surface area contributed by atoms with E-state index in [1.54, 1.807) is 38.3 Å². The van der Waals surface area contributed by atoms with Crippen molar-refractivity contribution in [3.8, 4) is 5.69 Å². The molecule has 1 aromatic carbocycles. The number of aromatic carboxylic acids is 1. The summed E-state index contributed by atoms with van der Waals surface area (Å²) in [6.45, 7) is 3.60. The average Bonchev–Trinajstić information content (AvgIpc) is 2.94. The number of nitrogens with zero attached hydrogens (tertiary/aromatic N) is 2. The lowest BCUT2D eigenvalue weighted by molar-refractivity contribution is -0.116. The molecule has 0 radical (unpaired) electrons. The van der Waals surface area contributed by atoms with Crippen LogP contribution in [0.4, 0.5) is 5.69 Å². The van der Waals surface area contributed by atoms with Gasteiger partial charge < -0.3 is 15.2 Å². The fourth-order valence-electron chi connectivity index (χ4n) is 2.27. The van der Waals surface area contributed by atoms with E-state index in [2.05, 4.69) is 10.4 Å². The molecule has 7 nitrogen and oxygen atoms in total. The largest absolute Gasteiger partial charge is 0.478 e. The van der Waals surface area contributed by atoms with Crippen molar-refractivity contribution in [2.24, 2.45) is 0 Å². The van der Waals surface area contributed by atoms with Gasteiger partial charge in [-0.05, 0) is 38.5 Å². The predicted molar refractivity (Wildman–Crippen MR) is 89.6 cm³/mol. The topological polar surface area (TPSA) is 93.5 Å². The third kappa shape index (κ3) is 4.20. The quantitative estimate of drug-likeness (QED) is 0.813. The Balaban J connectivity index is 2.12. The normalized spacial score (nSPS) is 12.0. The number of anilines is 1. The van der Waals surface area contributed by atoms with E-state index in [1.807, 2.05) is 6.92 Å². The maximum absolute atomic E-state index is 12.0. The summed E-state index contributed by atoms with van der Waals surface area (Å²) in [7, 11) is 1.61. The summed E-state index contributed by atoms with van der Waals surface area (Å²) in [5.74, 6) is -1.12. The van der Waals surface area contributed by atoms with Gasteiger partial charge in [0.05, 0.1) is 23.7 Å². The molecule has 2 rings (SSSR count). The van der Waals surface area contributed by atoms with Crippen LogP contribution in [0.15, 0.2) is 30.5 Å². The molecule has 0 fully saturated rings. The second-order valence-corrected chi connectivity index (χ2v) is 5.54. The highest BCUT2D eigenvalue weighted by atomic mass is 16.5. The lowest BCUT2D eigenvalue weighted by Crippen LogP contribution is -2.15. The summed E-state index contributed by atoms with van der Waals surface area (Å²) in [5, 5.41) is 16.0. The molecule has 2 aromatic rings. The maximum Gasteiger partial charge on any atom is 0.339 e. The summed E-state index contributed by atoms with van der Waals surface area (Å²) in [4.78, 5) is 23.1. The fraction of sp³-hybridized carbons (Fsp3) is 0.353. The van der Waals surface area contributed by atoms with Gasteiger partial charge in [0.2, 0.25) is 5.91 Å². The van der Waals surface area contributed by atoms with Crippen molar-refractivity contribution in [2.75, 3.05) is 12.4 Å². The number of hydrogen-bond donors (Lipinski definition) is 2. The van der Waals surface area contributed by atoms with E-state index in [0.29, 0.717) is 29.9 Å². The summed E-state index contributed by atoms with van der Waals surface area (Å²) in [6.07, 6.45) is 2.35. The molecule has 7 heteroatoms. The number of benzene rings is 1. The number of hydrogen-bond acceptors (Lipinski definition) is 4. The zero-order chi connectivity index (χ0) is 17.7. The Morgan fingerprint density at radius 2 is 2.17 bits per heavy atom. The number of methoxy groups -OCH3 is 1. The first kappa shape index (κ1) is 17.7. The van der Waals surface area contributed by atoms with Crippen molar-refractivity contribution in [3.63, 3.8) is 0 Å². The van der Waals surface area contributed by atoms with Crippen molar-refractivity contribution in [1.82, 2.24) is 9.78 Å². The molecule has 0 saturated carbocycles. The van der Waals surface area contributed by atoms with Gasteiger partial charge in [-0.25, -0.2) is 9.48 Å². The van der Waals surface area contributed by atoms with Gasteiger partial charge in [0.25, 0.3) is 0 Å². The fourth-order valence-corrected chi connectivity index (χ4v) is 2.27. The Bertz CT molecular complexity index is 739. The Morgan fingerprint density at radius 3 is 2.79 bits per heavy atom. The van der Waals surface area contributed by atoms with Crippen LogP contribution in [0.2, 0.25) is 0 Å². The third-order valence-corrected chi connectivity index (χ3v) is 3.79. The average molecular weight is 331 g/mol. The van der Waals surface area contributed by atoms with Crippen molar-refractivity contribution < 1.29 is 19.4 Å². The molecule has 0 bridgehead atoms. The van der Waals surface area contributed by atoms with Crippen LogP contribution in [0.25, 0.3) is 5.69 Å². The molecule has 128 valence electrons. The molecule has 0 aliphatic rings. The molecule has 24 heavy (non-hydrogen) atoms. The number of amides is 1. The second-order valence-electron chi connectivity index (χ2n) is 5.54. The van der Waals surface area contributed by atoms with Crippen LogP contribution in [0.1, 0.15) is 35.8 Å². The van der Waals surface area contributed by atoms with Crippen molar-refractivity contribution in [3.05, 3.63) is 41.7 Å². The zero-order valence-corrected chi connectivity index (χ0v) is 13.9. The van der Waals surface area contributed by atoms with Gasteiger partial charge in [-0.15, -0.1) is 0 Å². The molecule has 1 heterocycles. The minimum absolute atomic E-state index is 0.0308. The summed E-state index contributed by atoms with van der Waals surface area (Å²) < 4.78 is 6.66. The van der Waals surface area contributed by atoms with Gasteiger partial charge in [-0.1, -0.05) is 6.07 Å². The van der Waals surface area contributed by atoms with E-state index in [0.717, 1.165) is 0 Å². The SMILES string of the molecule is COC(C)CCC(=O)Nc1cccc(-n2ncc(C(=O)O)c2C)c1. The first-order valence-corrected chi connectivity index (χ1v) is 7.63. The Labute approximate surface area is 140 Å². The molecule has 1 amide bonds. The molecule has 0 aliphatic carbocycles. The van der Waals surface area contributed by atoms with E-state index < -0.39 is 5.97 Å². The minimum Gasteiger partial charge on any atom is -0.478 e. The molecule has 1 unspecified atom stereocenters.